The first kappa shape index (κ1) is 14.0. The molecule has 0 saturated heterocycles. The number of carbonyl (C=O) groups is 1. The first-order valence-electron chi connectivity index (χ1n) is 3.85. The molecule has 0 aliphatic heterocycles. The highest BCUT2D eigenvalue weighted by Gasteiger charge is 2.26. The fourth-order valence-corrected chi connectivity index (χ4v) is 1.10. The van der Waals surface area contributed by atoms with E-state index in [1.54, 1.807) is 0 Å². The summed E-state index contributed by atoms with van der Waals surface area (Å²) in [5.41, 5.74) is -0.341. The molecule has 0 radical (unpaired) electrons. The van der Waals surface area contributed by atoms with Gasteiger partial charge in [0.1, 0.15) is 0 Å². The summed E-state index contributed by atoms with van der Waals surface area (Å²) in [6.45, 7) is 0. The lowest BCUT2D eigenvalue weighted by atomic mass is 10.1. The topological polar surface area (TPSA) is 37.3 Å². The van der Waals surface area contributed by atoms with Gasteiger partial charge in [0.15, 0.2) is 0 Å². The van der Waals surface area contributed by atoms with E-state index in [0.29, 0.717) is 6.08 Å². The van der Waals surface area contributed by atoms with Crippen LogP contribution in [-0.2, 0) is 4.79 Å². The summed E-state index contributed by atoms with van der Waals surface area (Å²) >= 11 is 2.94. The van der Waals surface area contributed by atoms with Crippen molar-refractivity contribution in [3.05, 3.63) is 11.6 Å². The first-order chi connectivity index (χ1) is 6.76. The maximum Gasteiger partial charge on any atom is 0.392 e. The van der Waals surface area contributed by atoms with E-state index < -0.39 is 23.4 Å². The quantitative estimate of drug-likeness (QED) is 0.490. The van der Waals surface area contributed by atoms with Crippen molar-refractivity contribution >= 4 is 21.9 Å². The van der Waals surface area contributed by atoms with Gasteiger partial charge in [0.2, 0.25) is 0 Å². The van der Waals surface area contributed by atoms with Gasteiger partial charge in [0.25, 0.3) is 0 Å². The summed E-state index contributed by atoms with van der Waals surface area (Å²) in [6.07, 6.45) is -0.210. The molecule has 0 saturated carbocycles. The van der Waals surface area contributed by atoms with Gasteiger partial charge in [-0.15, -0.1) is 6.42 Å². The molecule has 2 nitrogen and oxygen atoms in total. The van der Waals surface area contributed by atoms with Crippen LogP contribution in [0.5, 0.6) is 0 Å². The Balaban J connectivity index is 4.55. The van der Waals surface area contributed by atoms with E-state index in [1.807, 2.05) is 0 Å². The summed E-state index contributed by atoms with van der Waals surface area (Å²) in [6, 6.07) is 0. The number of halogens is 4. The van der Waals surface area contributed by atoms with Crippen LogP contribution in [0.3, 0.4) is 0 Å². The van der Waals surface area contributed by atoms with Crippen LogP contribution in [0.1, 0.15) is 12.8 Å². The second kappa shape index (κ2) is 5.81. The Kier molecular flexibility index (Phi) is 5.44. The molecule has 0 bridgehead atoms. The smallest absolute Gasteiger partial charge is 0.392 e. The van der Waals surface area contributed by atoms with Crippen molar-refractivity contribution in [3.8, 4) is 12.3 Å². The van der Waals surface area contributed by atoms with Gasteiger partial charge in [-0.25, -0.2) is 4.79 Å². The van der Waals surface area contributed by atoms with Gasteiger partial charge in [-0.2, -0.15) is 13.2 Å². The van der Waals surface area contributed by atoms with Crippen molar-refractivity contribution in [2.24, 2.45) is 0 Å². The molecule has 84 valence electrons. The van der Waals surface area contributed by atoms with Crippen LogP contribution in [0.25, 0.3) is 0 Å². The molecule has 1 atom stereocenters. The Labute approximate surface area is 93.3 Å². The number of rotatable bonds is 4. The number of carboxylic acids is 1. The van der Waals surface area contributed by atoms with Crippen LogP contribution in [0, 0.1) is 12.3 Å². The maximum atomic E-state index is 11.8. The summed E-state index contributed by atoms with van der Waals surface area (Å²) < 4.78 is 35.4. The molecule has 1 N–H and O–H groups in total. The third-order valence-electron chi connectivity index (χ3n) is 1.43. The highest BCUT2D eigenvalue weighted by molar-refractivity contribution is 9.09. The van der Waals surface area contributed by atoms with Gasteiger partial charge in [-0.1, -0.05) is 27.9 Å². The fourth-order valence-electron chi connectivity index (χ4n) is 0.749. The fraction of sp³-hybridized carbons (Fsp3) is 0.444. The summed E-state index contributed by atoms with van der Waals surface area (Å²) in [5, 5.41) is 8.59. The number of terminal acetylenes is 1. The number of alkyl halides is 4. The van der Waals surface area contributed by atoms with Crippen LogP contribution < -0.4 is 0 Å². The molecule has 0 aliphatic carbocycles. The molecular weight excluding hydrogens is 277 g/mol. The summed E-state index contributed by atoms with van der Waals surface area (Å²) in [7, 11) is 0. The summed E-state index contributed by atoms with van der Waals surface area (Å²) in [4.78, 5) is 9.97. The second-order valence-corrected chi connectivity index (χ2v) is 3.80. The van der Waals surface area contributed by atoms with E-state index in [0.717, 1.165) is 0 Å². The predicted octanol–water partition coefficient (Wildman–Crippen LogP) is 2.74. The van der Waals surface area contributed by atoms with E-state index in [9.17, 15) is 18.0 Å². The van der Waals surface area contributed by atoms with Crippen LogP contribution >= 0.6 is 15.9 Å². The molecule has 0 aromatic rings. The first-order valence-corrected chi connectivity index (χ1v) is 4.77. The van der Waals surface area contributed by atoms with Crippen molar-refractivity contribution in [3.63, 3.8) is 0 Å². The number of carboxylic acid groups (broad SMARTS) is 1. The highest BCUT2D eigenvalue weighted by atomic mass is 79.9. The Bertz CT molecular complexity index is 301. The molecule has 0 amide bonds. The minimum atomic E-state index is -4.40. The van der Waals surface area contributed by atoms with Crippen LogP contribution in [0.15, 0.2) is 11.6 Å². The molecule has 1 unspecified atom stereocenters. The van der Waals surface area contributed by atoms with Crippen molar-refractivity contribution < 1.29 is 23.1 Å². The molecule has 0 aliphatic rings. The lowest BCUT2D eigenvalue weighted by Crippen LogP contribution is -2.10. The van der Waals surface area contributed by atoms with E-state index in [-0.39, 0.29) is 12.0 Å². The lowest BCUT2D eigenvalue weighted by molar-refractivity contribution is -0.133. The number of hydrogen-bond donors (Lipinski definition) is 1. The maximum absolute atomic E-state index is 11.8. The lowest BCUT2D eigenvalue weighted by Gasteiger charge is -2.06. The molecule has 0 spiro atoms. The zero-order chi connectivity index (χ0) is 12.1. The number of hydrogen-bond acceptors (Lipinski definition) is 1. The predicted molar refractivity (Wildman–Crippen MR) is 52.6 cm³/mol. The number of aliphatic carboxylic acids is 1. The average molecular weight is 285 g/mol. The molecule has 0 rings (SSSR count). The average Bonchev–Trinajstić information content (AvgIpc) is 2.09. The zero-order valence-corrected chi connectivity index (χ0v) is 9.10. The van der Waals surface area contributed by atoms with Crippen LogP contribution in [0.2, 0.25) is 0 Å². The molecule has 0 aromatic heterocycles. The third-order valence-corrected chi connectivity index (χ3v) is 2.02. The van der Waals surface area contributed by atoms with E-state index in [2.05, 4.69) is 21.9 Å². The molecule has 15 heavy (non-hydrogen) atoms. The van der Waals surface area contributed by atoms with E-state index in [1.165, 1.54) is 0 Å². The Hall–Kier alpha value is -0.960. The second-order valence-electron chi connectivity index (χ2n) is 2.69. The molecule has 0 aromatic carbocycles. The van der Waals surface area contributed by atoms with E-state index in [4.69, 9.17) is 11.5 Å². The largest absolute Gasteiger partial charge is 0.478 e. The van der Waals surface area contributed by atoms with Gasteiger partial charge >= 0.3 is 12.1 Å². The van der Waals surface area contributed by atoms with Crippen LogP contribution in [0.4, 0.5) is 13.2 Å². The standard InChI is InChI=1S/C9H8BrF3O2/c1-2-7(10)5-6(8(14)15)3-4-9(11,12)13/h1,3,7H,4-5H2,(H,14,15)/b6-3+. The van der Waals surface area contributed by atoms with Crippen molar-refractivity contribution in [2.45, 2.75) is 23.8 Å². The normalized spacial score (nSPS) is 14.5. The monoisotopic (exact) mass is 284 g/mol. The number of allylic oxidation sites excluding steroid dienone is 1. The van der Waals surface area contributed by atoms with E-state index >= 15 is 0 Å². The Morgan fingerprint density at radius 3 is 2.47 bits per heavy atom. The SMILES string of the molecule is C#CC(Br)C/C(=C\CC(F)(F)F)C(=O)O. The third kappa shape index (κ3) is 7.03. The molecule has 0 fully saturated rings. The van der Waals surface area contributed by atoms with Crippen molar-refractivity contribution in [2.75, 3.05) is 0 Å². The Morgan fingerprint density at radius 2 is 2.13 bits per heavy atom. The minimum absolute atomic E-state index is 0.137. The van der Waals surface area contributed by atoms with Gasteiger partial charge in [0, 0.05) is 12.0 Å². The van der Waals surface area contributed by atoms with Gasteiger partial charge < -0.3 is 5.11 Å². The van der Waals surface area contributed by atoms with Crippen molar-refractivity contribution in [1.29, 1.82) is 0 Å². The van der Waals surface area contributed by atoms with Gasteiger partial charge in [0.05, 0.1) is 11.2 Å². The minimum Gasteiger partial charge on any atom is -0.478 e. The van der Waals surface area contributed by atoms with Gasteiger partial charge in [-0.3, -0.25) is 0 Å². The highest BCUT2D eigenvalue weighted by Crippen LogP contribution is 2.22. The van der Waals surface area contributed by atoms with Crippen LogP contribution in [-0.4, -0.2) is 22.1 Å². The summed E-state index contributed by atoms with van der Waals surface area (Å²) in [5.74, 6) is 0.789. The van der Waals surface area contributed by atoms with Crippen molar-refractivity contribution in [1.82, 2.24) is 0 Å². The molecular formula is C9H8BrF3O2. The zero-order valence-electron chi connectivity index (χ0n) is 7.51. The molecule has 6 heteroatoms. The Morgan fingerprint density at radius 1 is 1.60 bits per heavy atom. The van der Waals surface area contributed by atoms with Gasteiger partial charge in [-0.05, 0) is 0 Å². The molecule has 0 heterocycles.